The van der Waals surface area contributed by atoms with Gasteiger partial charge < -0.3 is 9.88 Å². The number of hydrogen-bond acceptors (Lipinski definition) is 4. The van der Waals surface area contributed by atoms with Crippen molar-refractivity contribution in [3.63, 3.8) is 0 Å². The van der Waals surface area contributed by atoms with Crippen LogP contribution in [0.3, 0.4) is 0 Å². The van der Waals surface area contributed by atoms with Crippen LogP contribution in [0.1, 0.15) is 23.3 Å². The molecule has 7 nitrogen and oxygen atoms in total. The fraction of sp³-hybridized carbons (Fsp3) is 0.176. The van der Waals surface area contributed by atoms with Gasteiger partial charge in [0.1, 0.15) is 18.4 Å². The second-order valence-corrected chi connectivity index (χ2v) is 6.42. The molecule has 1 unspecified atom stereocenters. The molecule has 0 bridgehead atoms. The van der Waals surface area contributed by atoms with E-state index in [9.17, 15) is 9.59 Å². The Morgan fingerprint density at radius 1 is 1.28 bits per heavy atom. The number of hydrogen-bond donors (Lipinski definition) is 2. The number of halogens is 1. The second-order valence-electron chi connectivity index (χ2n) is 5.50. The van der Waals surface area contributed by atoms with Crippen LogP contribution in [0.2, 0.25) is 0 Å². The van der Waals surface area contributed by atoms with Gasteiger partial charge in [0, 0.05) is 16.7 Å². The van der Waals surface area contributed by atoms with Gasteiger partial charge in [-0.05, 0) is 34.5 Å². The molecule has 3 aromatic rings. The average Bonchev–Trinajstić information content (AvgIpc) is 3.03. The number of pyridine rings is 1. The Hall–Kier alpha value is -2.74. The zero-order valence-corrected chi connectivity index (χ0v) is 15.0. The molecule has 0 radical (unpaired) electrons. The van der Waals surface area contributed by atoms with E-state index >= 15 is 0 Å². The quantitative estimate of drug-likeness (QED) is 0.682. The molecule has 0 aliphatic carbocycles. The molecule has 1 aromatic carbocycles. The van der Waals surface area contributed by atoms with Gasteiger partial charge in [-0.3, -0.25) is 14.7 Å². The summed E-state index contributed by atoms with van der Waals surface area (Å²) in [5, 5.41) is 9.84. The zero-order chi connectivity index (χ0) is 17.8. The topological polar surface area (TPSA) is 92.7 Å². The molecule has 25 heavy (non-hydrogen) atoms. The van der Waals surface area contributed by atoms with E-state index in [0.29, 0.717) is 11.6 Å². The number of aryl methyl sites for hydroxylation is 1. The minimum atomic E-state index is -0.499. The predicted octanol–water partition coefficient (Wildman–Crippen LogP) is 1.94. The third-order valence-electron chi connectivity index (χ3n) is 3.57. The molecule has 1 amide bonds. The van der Waals surface area contributed by atoms with Crippen molar-refractivity contribution < 1.29 is 4.79 Å². The highest BCUT2D eigenvalue weighted by molar-refractivity contribution is 9.10. The minimum absolute atomic E-state index is 0.0923. The van der Waals surface area contributed by atoms with Crippen LogP contribution in [0.25, 0.3) is 0 Å². The van der Waals surface area contributed by atoms with Crippen molar-refractivity contribution in [3.8, 4) is 0 Å². The Morgan fingerprint density at radius 2 is 2.04 bits per heavy atom. The number of carbonyl (C=O) groups is 1. The lowest BCUT2D eigenvalue weighted by atomic mass is 10.1. The molecule has 2 heterocycles. The summed E-state index contributed by atoms with van der Waals surface area (Å²) in [6, 6.07) is 12.0. The maximum absolute atomic E-state index is 12.5. The number of nitrogens with zero attached hydrogens (tertiary/aromatic N) is 3. The summed E-state index contributed by atoms with van der Waals surface area (Å²) in [4.78, 5) is 28.7. The molecule has 8 heteroatoms. The maximum atomic E-state index is 12.5. The van der Waals surface area contributed by atoms with Gasteiger partial charge in [-0.1, -0.05) is 30.3 Å². The lowest BCUT2D eigenvalue weighted by Crippen LogP contribution is -2.35. The SMILES string of the molecule is Cc1nc(C(NC(=O)Cn2cc(Br)ccc2=O)c2ccccc2)n[nH]1. The Bertz CT molecular complexity index is 935. The van der Waals surface area contributed by atoms with Gasteiger partial charge in [0.15, 0.2) is 5.82 Å². The summed E-state index contributed by atoms with van der Waals surface area (Å²) >= 11 is 3.30. The maximum Gasteiger partial charge on any atom is 0.251 e. The fourth-order valence-electron chi connectivity index (χ4n) is 2.42. The lowest BCUT2D eigenvalue weighted by molar-refractivity contribution is -0.122. The molecule has 3 rings (SSSR count). The van der Waals surface area contributed by atoms with Gasteiger partial charge in [-0.25, -0.2) is 4.98 Å². The Balaban J connectivity index is 1.84. The zero-order valence-electron chi connectivity index (χ0n) is 13.4. The molecule has 128 valence electrons. The summed E-state index contributed by atoms with van der Waals surface area (Å²) in [6.07, 6.45) is 1.58. The molecule has 2 N–H and O–H groups in total. The number of nitrogens with one attached hydrogen (secondary N) is 2. The predicted molar refractivity (Wildman–Crippen MR) is 95.9 cm³/mol. The van der Waals surface area contributed by atoms with Crippen LogP contribution in [-0.2, 0) is 11.3 Å². The first-order valence-corrected chi connectivity index (χ1v) is 8.41. The van der Waals surface area contributed by atoms with Gasteiger partial charge in [0.2, 0.25) is 5.91 Å². The summed E-state index contributed by atoms with van der Waals surface area (Å²) in [7, 11) is 0. The van der Waals surface area contributed by atoms with Gasteiger partial charge in [0.25, 0.3) is 5.56 Å². The van der Waals surface area contributed by atoms with E-state index in [1.807, 2.05) is 30.3 Å². The van der Waals surface area contributed by atoms with Crippen molar-refractivity contribution in [2.24, 2.45) is 0 Å². The summed E-state index contributed by atoms with van der Waals surface area (Å²) < 4.78 is 2.06. The molecule has 2 aromatic heterocycles. The molecule has 0 saturated heterocycles. The van der Waals surface area contributed by atoms with Crippen LogP contribution in [0.5, 0.6) is 0 Å². The number of benzene rings is 1. The highest BCUT2D eigenvalue weighted by Gasteiger charge is 2.21. The van der Waals surface area contributed by atoms with Crippen LogP contribution >= 0.6 is 15.9 Å². The standard InChI is InChI=1S/C17H16BrN5O2/c1-11-19-17(22-21-11)16(12-5-3-2-4-6-12)20-14(24)10-23-9-13(18)7-8-15(23)25/h2-9,16H,10H2,1H3,(H,20,24)(H,19,21,22). The molecule has 0 aliphatic rings. The number of aromatic amines is 1. The smallest absolute Gasteiger partial charge is 0.251 e. The van der Waals surface area contributed by atoms with Crippen molar-refractivity contribution in [2.75, 3.05) is 0 Å². The van der Waals surface area contributed by atoms with E-state index in [-0.39, 0.29) is 18.0 Å². The lowest BCUT2D eigenvalue weighted by Gasteiger charge is -2.17. The van der Waals surface area contributed by atoms with E-state index < -0.39 is 6.04 Å². The molecule has 0 saturated carbocycles. The normalized spacial score (nSPS) is 11.9. The minimum Gasteiger partial charge on any atom is -0.340 e. The Morgan fingerprint density at radius 3 is 2.72 bits per heavy atom. The molecule has 1 atom stereocenters. The molecule has 0 spiro atoms. The van der Waals surface area contributed by atoms with Gasteiger partial charge in [-0.2, -0.15) is 5.10 Å². The van der Waals surface area contributed by atoms with Crippen LogP contribution in [0.4, 0.5) is 0 Å². The number of carbonyl (C=O) groups excluding carboxylic acids is 1. The highest BCUT2D eigenvalue weighted by Crippen LogP contribution is 2.18. The Kier molecular flexibility index (Phi) is 5.08. The van der Waals surface area contributed by atoms with Gasteiger partial charge in [-0.15, -0.1) is 0 Å². The van der Waals surface area contributed by atoms with E-state index in [1.54, 1.807) is 19.2 Å². The van der Waals surface area contributed by atoms with Gasteiger partial charge >= 0.3 is 0 Å². The van der Waals surface area contributed by atoms with E-state index in [0.717, 1.165) is 10.0 Å². The van der Waals surface area contributed by atoms with Gasteiger partial charge in [0.05, 0.1) is 0 Å². The molecular formula is C17H16BrN5O2. The van der Waals surface area contributed by atoms with Crippen LogP contribution in [0, 0.1) is 6.92 Å². The second kappa shape index (κ2) is 7.43. The highest BCUT2D eigenvalue weighted by atomic mass is 79.9. The first-order valence-electron chi connectivity index (χ1n) is 7.62. The first kappa shape index (κ1) is 17.1. The number of aromatic nitrogens is 4. The summed E-state index contributed by atoms with van der Waals surface area (Å²) in [5.74, 6) is 0.823. The third kappa shape index (κ3) is 4.21. The van der Waals surface area contributed by atoms with Crippen molar-refractivity contribution in [2.45, 2.75) is 19.5 Å². The third-order valence-corrected chi connectivity index (χ3v) is 4.04. The van der Waals surface area contributed by atoms with Crippen LogP contribution in [0.15, 0.2) is 57.9 Å². The van der Waals surface area contributed by atoms with E-state index in [1.165, 1.54) is 10.6 Å². The molecular weight excluding hydrogens is 386 g/mol. The van der Waals surface area contributed by atoms with Crippen molar-refractivity contribution in [1.29, 1.82) is 0 Å². The number of amides is 1. The van der Waals surface area contributed by atoms with Crippen molar-refractivity contribution >= 4 is 21.8 Å². The monoisotopic (exact) mass is 401 g/mol. The first-order chi connectivity index (χ1) is 12.0. The fourth-order valence-corrected chi connectivity index (χ4v) is 2.80. The summed E-state index contributed by atoms with van der Waals surface area (Å²) in [5.41, 5.74) is 0.611. The number of H-pyrrole nitrogens is 1. The molecule has 0 fully saturated rings. The van der Waals surface area contributed by atoms with E-state index in [4.69, 9.17) is 0 Å². The number of rotatable bonds is 5. The van der Waals surface area contributed by atoms with Crippen LogP contribution in [-0.4, -0.2) is 25.7 Å². The Labute approximate surface area is 152 Å². The summed E-state index contributed by atoms with van der Waals surface area (Å²) in [6.45, 7) is 1.70. The van der Waals surface area contributed by atoms with Crippen LogP contribution < -0.4 is 10.9 Å². The van der Waals surface area contributed by atoms with E-state index in [2.05, 4.69) is 36.4 Å². The van der Waals surface area contributed by atoms with Crippen molar-refractivity contribution in [3.05, 3.63) is 80.7 Å². The van der Waals surface area contributed by atoms with Crippen molar-refractivity contribution in [1.82, 2.24) is 25.1 Å². The average molecular weight is 402 g/mol. The largest absolute Gasteiger partial charge is 0.340 e. The molecule has 0 aliphatic heterocycles.